The number of aryl methyl sites for hydroxylation is 7. The number of rotatable bonds is 18. The molecule has 0 saturated carbocycles. The Balaban J connectivity index is 0.000000117. The quantitative estimate of drug-likeness (QED) is 0.0435. The molecule has 0 fully saturated rings. The van der Waals surface area contributed by atoms with Gasteiger partial charge in [-0.15, -0.1) is 32.9 Å². The van der Waals surface area contributed by atoms with E-state index >= 15 is 0 Å². The molecule has 0 bridgehead atoms. The first-order valence-corrected chi connectivity index (χ1v) is 46.4. The van der Waals surface area contributed by atoms with Crippen molar-refractivity contribution < 1.29 is 33.2 Å². The molecule has 0 radical (unpaired) electrons. The monoisotopic (exact) mass is 1920 g/mol. The third kappa shape index (κ3) is 23.7. The summed E-state index contributed by atoms with van der Waals surface area (Å²) in [5, 5.41) is 59.6. The predicted octanol–water partition coefficient (Wildman–Crippen LogP) is 22.1. The second kappa shape index (κ2) is 43.9. The van der Waals surface area contributed by atoms with E-state index in [1.807, 2.05) is 189 Å². The van der Waals surface area contributed by atoms with Crippen molar-refractivity contribution in [1.29, 1.82) is 0 Å². The largest absolute Gasteiger partial charge is 0.444 e. The molecule has 22 aromatic rings. The summed E-state index contributed by atoms with van der Waals surface area (Å²) < 4.78 is 12.9. The summed E-state index contributed by atoms with van der Waals surface area (Å²) in [5.74, 6) is -0.102. The summed E-state index contributed by atoms with van der Waals surface area (Å²) in [7, 11) is 8.65. The van der Waals surface area contributed by atoms with Gasteiger partial charge in [0.2, 0.25) is 11.8 Å². The average molecular weight is 1920 g/mol. The number of hydrogen-bond donors (Lipinski definition) is 6. The van der Waals surface area contributed by atoms with E-state index in [0.29, 0.717) is 74.3 Å². The van der Waals surface area contributed by atoms with Crippen LogP contribution in [0.3, 0.4) is 0 Å². The number of carbonyl (C=O) groups excluding carboxylic acids is 6. The van der Waals surface area contributed by atoms with Crippen LogP contribution in [-0.4, -0.2) is 124 Å². The molecule has 22 rings (SSSR count). The van der Waals surface area contributed by atoms with Gasteiger partial charge in [-0.25, -0.2) is 15.0 Å². The number of pyridine rings is 6. The molecule has 36 heteroatoms. The van der Waals surface area contributed by atoms with Gasteiger partial charge in [-0.05, 0) is 198 Å². The van der Waals surface area contributed by atoms with Gasteiger partial charge in [-0.1, -0.05) is 84.9 Å². The number of aromatic nitrogens is 18. The van der Waals surface area contributed by atoms with E-state index in [9.17, 15) is 28.8 Å². The molecule has 33 nitrogen and oxygen atoms in total. The zero-order valence-electron chi connectivity index (χ0n) is 76.9. The highest BCUT2D eigenvalue weighted by Gasteiger charge is 2.19. The zero-order valence-corrected chi connectivity index (χ0v) is 79.3. The third-order valence-electron chi connectivity index (χ3n) is 21.9. The number of azo groups is 1. The number of hydrogen-bond acceptors (Lipinski definition) is 25. The first-order chi connectivity index (χ1) is 68.6. The fourth-order valence-corrected chi connectivity index (χ4v) is 16.6. The molecule has 141 heavy (non-hydrogen) atoms. The van der Waals surface area contributed by atoms with Gasteiger partial charge < -0.3 is 36.3 Å². The van der Waals surface area contributed by atoms with Gasteiger partial charge >= 0.3 is 0 Å². The molecule has 0 aliphatic heterocycles. The Morgan fingerprint density at radius 3 is 1.16 bits per heavy atom. The number of carbonyl (C=O) groups is 6. The summed E-state index contributed by atoms with van der Waals surface area (Å²) in [6, 6.07) is 74.7. The molecule has 0 unspecified atom stereocenters. The Hall–Kier alpha value is -18.6. The van der Waals surface area contributed by atoms with Crippen molar-refractivity contribution in [2.24, 2.45) is 45.5 Å². The number of oxazole rings is 1. The number of thiophene rings is 2. The van der Waals surface area contributed by atoms with Crippen molar-refractivity contribution in [2.45, 2.75) is 20.8 Å². The lowest BCUT2D eigenvalue weighted by molar-refractivity contribution is -0.114. The van der Waals surface area contributed by atoms with Gasteiger partial charge in [0.15, 0.2) is 5.82 Å². The number of nitrogens with one attached hydrogen (secondary N) is 6. The van der Waals surface area contributed by atoms with Gasteiger partial charge in [0, 0.05) is 198 Å². The van der Waals surface area contributed by atoms with Crippen molar-refractivity contribution in [3.63, 3.8) is 0 Å². The van der Waals surface area contributed by atoms with Crippen LogP contribution in [0.25, 0.3) is 109 Å². The van der Waals surface area contributed by atoms with Crippen molar-refractivity contribution in [3.05, 3.63) is 378 Å². The van der Waals surface area contributed by atoms with Crippen LogP contribution in [-0.2, 0) is 40.0 Å². The van der Waals surface area contributed by atoms with E-state index in [0.717, 1.165) is 110 Å². The highest BCUT2D eigenvalue weighted by atomic mass is 32.1. The van der Waals surface area contributed by atoms with E-state index in [4.69, 9.17) is 4.42 Å². The molecule has 7 aromatic carbocycles. The molecule has 6 amide bonds. The summed E-state index contributed by atoms with van der Waals surface area (Å²) in [6.45, 7) is 5.28. The second-order valence-corrected chi connectivity index (χ2v) is 34.3. The Morgan fingerprint density at radius 1 is 0.333 bits per heavy atom. The Labute approximate surface area is 817 Å². The maximum atomic E-state index is 12.3. The second-order valence-electron chi connectivity index (χ2n) is 31.6. The normalized spacial score (nSPS) is 10.8. The number of nitrogens with zero attached hydrogens (tertiary/aromatic N) is 20. The summed E-state index contributed by atoms with van der Waals surface area (Å²) in [4.78, 5) is 109. The highest BCUT2D eigenvalue weighted by Crippen LogP contribution is 2.34. The molecule has 0 spiro atoms. The van der Waals surface area contributed by atoms with Crippen LogP contribution in [0.5, 0.6) is 0 Å². The minimum absolute atomic E-state index is 0.0785. The van der Waals surface area contributed by atoms with Gasteiger partial charge in [0.1, 0.15) is 39.7 Å². The molecular formula is C105H86N26O7S3. The minimum Gasteiger partial charge on any atom is -0.444 e. The molecule has 0 atom stereocenters. The van der Waals surface area contributed by atoms with Crippen LogP contribution in [0.2, 0.25) is 0 Å². The first-order valence-electron chi connectivity index (χ1n) is 43.7. The maximum Gasteiger partial charge on any atom is 0.273 e. The van der Waals surface area contributed by atoms with E-state index < -0.39 is 0 Å². The van der Waals surface area contributed by atoms with Crippen LogP contribution in [0.1, 0.15) is 70.6 Å². The Bertz CT molecular complexity index is 7610. The highest BCUT2D eigenvalue weighted by molar-refractivity contribution is 7.13. The number of thiazole rings is 1. The number of fused-ring (bicyclic) bond motifs is 5. The minimum atomic E-state index is -0.237. The number of anilines is 6. The number of amides is 6. The topological polar surface area (TPSA) is 405 Å². The van der Waals surface area contributed by atoms with E-state index in [2.05, 4.69) is 166 Å². The third-order valence-corrected chi connectivity index (χ3v) is 24.3. The van der Waals surface area contributed by atoms with Crippen LogP contribution in [0, 0.1) is 13.8 Å². The van der Waals surface area contributed by atoms with Crippen LogP contribution in [0.15, 0.2) is 353 Å². The van der Waals surface area contributed by atoms with Crippen LogP contribution < -0.4 is 31.9 Å². The Kier molecular flexibility index (Phi) is 29.3. The van der Waals surface area contributed by atoms with Crippen molar-refractivity contribution in [3.8, 4) is 54.7 Å². The summed E-state index contributed by atoms with van der Waals surface area (Å²) >= 11 is 4.94. The van der Waals surface area contributed by atoms with Gasteiger partial charge in [0.05, 0.1) is 56.4 Å². The fraction of sp³-hybridized carbons (Fsp3) is 0.0762. The van der Waals surface area contributed by atoms with Crippen molar-refractivity contribution in [2.75, 3.05) is 31.9 Å². The fourth-order valence-electron chi connectivity index (χ4n) is 14.6. The zero-order chi connectivity index (χ0) is 97.8. The van der Waals surface area contributed by atoms with E-state index in [-0.39, 0.29) is 35.4 Å². The SMILES string of the molecule is CC(=O)Nc1ccc2cc(-c3ccccc3)cnc2c1.Cc1ccccc1N=Nc1ccc(NC(=O)c2ccnn2C)c(C)n1.Cn1nccc1C(=O)Nc1ccc2cc(-c3cccs3)cnc2c1.Cn1nccc1C(=O)Nc1ccc2cc(-c3ccsc3)cnc2c1.Cn1nccc1C(=O)Nc1ccc2cc(-c3ncco3)cnc2c1.Cn1nccc1C(=O)Nc1ccc2cc(-c3nccs3)cnc2c1. The van der Waals surface area contributed by atoms with Gasteiger partial charge in [-0.2, -0.15) is 36.8 Å². The van der Waals surface area contributed by atoms with Crippen molar-refractivity contribution in [1.82, 2.24) is 88.8 Å². The smallest absolute Gasteiger partial charge is 0.273 e. The standard InChI is InChI=1S/C18H18N6O.2C18H14N4OS.C17H13N5O2.C17H13N5OS.C17H14N2O/c1-12-6-4-5-7-14(12)22-23-17-9-8-15(13(2)20-17)21-18(25)16-10-11-19-24(16)3;1-22-17(4-6-20-22)18(23)21-15-3-2-12-8-14(10-19-16(12)9-15)13-5-7-24-11-13;1-22-16(6-7-20-22)18(23)21-14-5-4-12-9-13(11-19-15(12)10-14)17-3-2-8-24-17;2*1-22-15(4-5-20-22)16(23)21-13-3-2-11-8-12(10-19-14(11)9-13)17-18-6-7-24-17;1-12(20)19-16-8-7-14-9-15(11-18-17(14)10-16)13-5-3-2-4-6-13/h4-11H,1-3H3,(H,21,25);2*2-11H,1H3,(H,21,23);2*2-10H,1H3,(H,21,23);2-11H,1H3,(H,19,20). The van der Waals surface area contributed by atoms with Crippen LogP contribution >= 0.6 is 34.0 Å². The number of benzene rings is 7. The maximum absolute atomic E-state index is 12.3. The summed E-state index contributed by atoms with van der Waals surface area (Å²) in [6.07, 6.45) is 21.9. The van der Waals surface area contributed by atoms with Gasteiger partial charge in [0.25, 0.3) is 29.5 Å². The predicted molar refractivity (Wildman–Crippen MR) is 552 cm³/mol. The molecular weight excluding hydrogens is 1830 g/mol. The van der Waals surface area contributed by atoms with Crippen LogP contribution in [0.4, 0.5) is 45.6 Å². The molecule has 15 aromatic heterocycles. The Morgan fingerprint density at radius 2 is 0.752 bits per heavy atom. The molecule has 6 N–H and O–H groups in total. The molecule has 0 aliphatic carbocycles. The van der Waals surface area contributed by atoms with Crippen molar-refractivity contribution >= 4 is 170 Å². The molecule has 15 heterocycles. The molecule has 696 valence electrons. The molecule has 0 saturated heterocycles. The molecule has 0 aliphatic rings. The lowest BCUT2D eigenvalue weighted by atomic mass is 10.1. The summed E-state index contributed by atoms with van der Waals surface area (Å²) in [5.41, 5.74) is 20.7. The van der Waals surface area contributed by atoms with E-state index in [1.54, 1.807) is 177 Å². The van der Waals surface area contributed by atoms with E-state index in [1.165, 1.54) is 37.7 Å². The van der Waals surface area contributed by atoms with Gasteiger partial charge in [-0.3, -0.25) is 77.1 Å². The lowest BCUT2D eigenvalue weighted by Crippen LogP contribution is -2.16. The average Bonchev–Trinajstić information content (AvgIpc) is 1.73. The lowest BCUT2D eigenvalue weighted by Gasteiger charge is -2.08. The first kappa shape index (κ1) is 94.2.